The van der Waals surface area contributed by atoms with E-state index in [2.05, 4.69) is 5.32 Å². The van der Waals surface area contributed by atoms with Gasteiger partial charge in [-0.05, 0) is 49.4 Å². The van der Waals surface area contributed by atoms with E-state index in [-0.39, 0.29) is 11.7 Å². The van der Waals surface area contributed by atoms with Gasteiger partial charge in [0.2, 0.25) is 0 Å². The van der Waals surface area contributed by atoms with Crippen LogP contribution in [0.15, 0.2) is 72.9 Å². The maximum absolute atomic E-state index is 13.6. The van der Waals surface area contributed by atoms with Crippen molar-refractivity contribution in [2.24, 2.45) is 0 Å². The third-order valence-corrected chi connectivity index (χ3v) is 8.06. The van der Waals surface area contributed by atoms with Gasteiger partial charge in [0.15, 0.2) is 0 Å². The maximum atomic E-state index is 13.6. The van der Waals surface area contributed by atoms with Gasteiger partial charge in [-0.25, -0.2) is 4.39 Å². The zero-order valence-electron chi connectivity index (χ0n) is 18.0. The van der Waals surface area contributed by atoms with Crippen LogP contribution < -0.4 is 5.32 Å². The lowest BCUT2D eigenvalue weighted by Gasteiger charge is -2.22. The fraction of sp³-hybridized carbons (Fsp3) is 0.192. The zero-order chi connectivity index (χ0) is 23.2. The second-order valence-corrected chi connectivity index (χ2v) is 10.6. The van der Waals surface area contributed by atoms with Crippen molar-refractivity contribution in [1.82, 2.24) is 9.88 Å². The van der Waals surface area contributed by atoms with Crippen LogP contribution in [0.4, 0.5) is 4.39 Å². The monoisotopic (exact) mass is 480 g/mol. The number of nitrogens with zero attached hydrogens (tertiary/aromatic N) is 1. The lowest BCUT2D eigenvalue weighted by Crippen LogP contribution is -2.46. The molecule has 3 aromatic carbocycles. The van der Waals surface area contributed by atoms with E-state index in [1.54, 1.807) is 18.2 Å². The molecule has 2 heterocycles. The first kappa shape index (κ1) is 22.0. The summed E-state index contributed by atoms with van der Waals surface area (Å²) in [5.41, 5.74) is 3.42. The third kappa shape index (κ3) is 4.26. The molecule has 1 aliphatic heterocycles. The predicted octanol–water partition coefficient (Wildman–Crippen LogP) is 5.73. The van der Waals surface area contributed by atoms with Gasteiger partial charge in [-0.3, -0.25) is 4.79 Å². The highest BCUT2D eigenvalue weighted by Crippen LogP contribution is 2.37. The molecule has 2 unspecified atom stereocenters. The minimum absolute atomic E-state index is 0.204. The van der Waals surface area contributed by atoms with Gasteiger partial charge in [-0.1, -0.05) is 47.0 Å². The van der Waals surface area contributed by atoms with E-state index >= 15 is 0 Å². The number of carbonyl (C=O) groups excluding carboxylic acids is 1. The largest absolute Gasteiger partial charge is 0.616 e. The summed E-state index contributed by atoms with van der Waals surface area (Å²) in [7, 11) is 0. The van der Waals surface area contributed by atoms with Crippen molar-refractivity contribution in [3.05, 3.63) is 89.3 Å². The molecule has 2 atom stereocenters. The van der Waals surface area contributed by atoms with E-state index in [0.717, 1.165) is 27.7 Å². The first-order valence-corrected chi connectivity index (χ1v) is 12.5. The maximum Gasteiger partial charge on any atom is 0.251 e. The fourth-order valence-corrected chi connectivity index (χ4v) is 6.35. The van der Waals surface area contributed by atoms with Crippen molar-refractivity contribution >= 4 is 39.6 Å². The molecule has 1 fully saturated rings. The van der Waals surface area contributed by atoms with Gasteiger partial charge in [0.25, 0.3) is 5.91 Å². The standard InChI is InChI=1S/C26H22ClFN2O2S/c1-26(12-13-33(32)16-26)29-25(31)17-6-11-21-22(20-4-2-3-5-23(20)27)15-30(24(21)14-17)19-9-7-18(28)8-10-19/h2-11,14-15H,12-13,16H2,1H3,(H,29,31). The minimum Gasteiger partial charge on any atom is -0.616 e. The van der Waals surface area contributed by atoms with Crippen LogP contribution in [0.1, 0.15) is 23.7 Å². The highest BCUT2D eigenvalue weighted by atomic mass is 35.5. The quantitative estimate of drug-likeness (QED) is 0.379. The topological polar surface area (TPSA) is 57.1 Å². The highest BCUT2D eigenvalue weighted by Gasteiger charge is 2.39. The van der Waals surface area contributed by atoms with Crippen molar-refractivity contribution < 1.29 is 13.7 Å². The molecule has 4 aromatic rings. The molecule has 1 amide bonds. The molecule has 0 radical (unpaired) electrons. The van der Waals surface area contributed by atoms with Gasteiger partial charge < -0.3 is 14.4 Å². The van der Waals surface area contributed by atoms with Gasteiger partial charge in [0.1, 0.15) is 17.3 Å². The lowest BCUT2D eigenvalue weighted by atomic mass is 10.0. The molecule has 5 rings (SSSR count). The van der Waals surface area contributed by atoms with Crippen LogP contribution in [0.2, 0.25) is 5.02 Å². The molecule has 1 aromatic heterocycles. The molecule has 1 N–H and O–H groups in total. The number of amides is 1. The summed E-state index contributed by atoms with van der Waals surface area (Å²) in [6.45, 7) is 1.94. The molecule has 1 saturated heterocycles. The minimum atomic E-state index is -0.900. The molecule has 4 nitrogen and oxygen atoms in total. The van der Waals surface area contributed by atoms with Crippen LogP contribution in [0.25, 0.3) is 27.7 Å². The van der Waals surface area contributed by atoms with Crippen LogP contribution in [0, 0.1) is 5.82 Å². The molecule has 168 valence electrons. The molecule has 7 heteroatoms. The Morgan fingerprint density at radius 2 is 1.88 bits per heavy atom. The Kier molecular flexibility index (Phi) is 5.69. The van der Waals surface area contributed by atoms with Crippen molar-refractivity contribution in [2.45, 2.75) is 18.9 Å². The van der Waals surface area contributed by atoms with Crippen molar-refractivity contribution in [3.63, 3.8) is 0 Å². The summed E-state index contributed by atoms with van der Waals surface area (Å²) in [6, 6.07) is 19.4. The summed E-state index contributed by atoms with van der Waals surface area (Å²) in [6.07, 6.45) is 2.65. The number of rotatable bonds is 4. The van der Waals surface area contributed by atoms with Crippen molar-refractivity contribution in [1.29, 1.82) is 0 Å². The van der Waals surface area contributed by atoms with E-state index in [1.807, 2.05) is 54.1 Å². The van der Waals surface area contributed by atoms with E-state index in [4.69, 9.17) is 11.6 Å². The second kappa shape index (κ2) is 8.52. The summed E-state index contributed by atoms with van der Waals surface area (Å²) in [5.74, 6) is 0.543. The molecule has 0 aliphatic carbocycles. The lowest BCUT2D eigenvalue weighted by molar-refractivity contribution is 0.0915. The normalized spacial score (nSPS) is 20.3. The molecular formula is C26H22ClFN2O2S. The van der Waals surface area contributed by atoms with Gasteiger partial charge in [-0.2, -0.15) is 0 Å². The molecule has 0 saturated carbocycles. The van der Waals surface area contributed by atoms with Gasteiger partial charge in [-0.15, -0.1) is 0 Å². The van der Waals surface area contributed by atoms with E-state index < -0.39 is 16.7 Å². The van der Waals surface area contributed by atoms with Crippen LogP contribution in [-0.2, 0) is 11.2 Å². The van der Waals surface area contributed by atoms with Gasteiger partial charge in [0.05, 0.1) is 11.1 Å². The Labute approximate surface area is 199 Å². The van der Waals surface area contributed by atoms with Gasteiger partial charge in [0, 0.05) is 45.4 Å². The number of hydrogen-bond donors (Lipinski definition) is 1. The van der Waals surface area contributed by atoms with E-state index in [9.17, 15) is 13.7 Å². The Hall–Kier alpha value is -2.80. The summed E-state index contributed by atoms with van der Waals surface area (Å²) >= 11 is 5.59. The zero-order valence-corrected chi connectivity index (χ0v) is 19.5. The van der Waals surface area contributed by atoms with Crippen LogP contribution >= 0.6 is 11.6 Å². The molecule has 0 spiro atoms. The summed E-state index contributed by atoms with van der Waals surface area (Å²) in [4.78, 5) is 13.1. The number of aromatic nitrogens is 1. The van der Waals surface area contributed by atoms with Gasteiger partial charge >= 0.3 is 0 Å². The Balaban J connectivity index is 1.62. The highest BCUT2D eigenvalue weighted by molar-refractivity contribution is 7.91. The molecule has 0 bridgehead atoms. The Morgan fingerprint density at radius 1 is 1.12 bits per heavy atom. The number of fused-ring (bicyclic) bond motifs is 1. The van der Waals surface area contributed by atoms with Crippen LogP contribution in [-0.4, -0.2) is 32.1 Å². The SMILES string of the molecule is CC1(NC(=O)c2ccc3c(-c4ccccc4Cl)cn(-c4ccc(F)cc4)c3c2)CC[S+]([O-])C1. The third-order valence-electron chi connectivity index (χ3n) is 6.11. The average Bonchev–Trinajstić information content (AvgIpc) is 3.34. The van der Waals surface area contributed by atoms with Crippen LogP contribution in [0.3, 0.4) is 0 Å². The van der Waals surface area contributed by atoms with Crippen molar-refractivity contribution in [3.8, 4) is 16.8 Å². The van der Waals surface area contributed by atoms with Crippen LogP contribution in [0.5, 0.6) is 0 Å². The number of carbonyl (C=O) groups is 1. The number of hydrogen-bond acceptors (Lipinski definition) is 2. The summed E-state index contributed by atoms with van der Waals surface area (Å²) < 4.78 is 27.4. The molecule has 33 heavy (non-hydrogen) atoms. The second-order valence-electron chi connectivity index (χ2n) is 8.65. The predicted molar refractivity (Wildman–Crippen MR) is 132 cm³/mol. The first-order chi connectivity index (χ1) is 15.8. The molecular weight excluding hydrogens is 459 g/mol. The average molecular weight is 481 g/mol. The smallest absolute Gasteiger partial charge is 0.251 e. The first-order valence-electron chi connectivity index (χ1n) is 10.7. The number of nitrogens with one attached hydrogen (secondary N) is 1. The Bertz CT molecular complexity index is 1350. The number of halogens is 2. The fourth-order valence-electron chi connectivity index (χ4n) is 4.36. The van der Waals surface area contributed by atoms with E-state index in [0.29, 0.717) is 28.5 Å². The number of benzene rings is 3. The van der Waals surface area contributed by atoms with Crippen molar-refractivity contribution in [2.75, 3.05) is 11.5 Å². The van der Waals surface area contributed by atoms with E-state index in [1.165, 1.54) is 12.1 Å². The molecule has 1 aliphatic rings. The Morgan fingerprint density at radius 3 is 2.58 bits per heavy atom. The summed E-state index contributed by atoms with van der Waals surface area (Å²) in [5, 5.41) is 4.62.